The molecule has 0 aliphatic heterocycles. The van der Waals surface area contributed by atoms with E-state index in [0.717, 1.165) is 11.3 Å². The Hall–Kier alpha value is -1.69. The lowest BCUT2D eigenvalue weighted by Gasteiger charge is -1.97. The standard InChI is InChI=1S/C9H10N4OS/c1-5-6(4-13(2)12-5)7-3-8(14)11-9(15)10-7/h3-4H,1-2H3,(H2,10,11,14,15). The third-order valence-corrected chi connectivity index (χ3v) is 2.27. The summed E-state index contributed by atoms with van der Waals surface area (Å²) >= 11 is 4.90. The maximum Gasteiger partial charge on any atom is 0.252 e. The van der Waals surface area contributed by atoms with E-state index in [9.17, 15) is 4.79 Å². The number of aromatic amines is 2. The monoisotopic (exact) mass is 222 g/mol. The summed E-state index contributed by atoms with van der Waals surface area (Å²) in [5.74, 6) is 0. The average Bonchev–Trinajstić information content (AvgIpc) is 2.43. The van der Waals surface area contributed by atoms with Crippen molar-refractivity contribution in [2.45, 2.75) is 6.92 Å². The summed E-state index contributed by atoms with van der Waals surface area (Å²) in [5, 5.41) is 4.20. The van der Waals surface area contributed by atoms with Crippen LogP contribution in [0.4, 0.5) is 0 Å². The molecule has 2 heterocycles. The lowest BCUT2D eigenvalue weighted by atomic mass is 10.2. The summed E-state index contributed by atoms with van der Waals surface area (Å²) in [7, 11) is 1.83. The molecule has 0 unspecified atom stereocenters. The van der Waals surface area contributed by atoms with Gasteiger partial charge >= 0.3 is 0 Å². The van der Waals surface area contributed by atoms with Gasteiger partial charge in [-0.2, -0.15) is 5.10 Å². The average molecular weight is 222 g/mol. The van der Waals surface area contributed by atoms with E-state index >= 15 is 0 Å². The van der Waals surface area contributed by atoms with Crippen LogP contribution in [0.1, 0.15) is 5.69 Å². The van der Waals surface area contributed by atoms with Crippen molar-refractivity contribution in [1.82, 2.24) is 19.7 Å². The molecule has 0 aliphatic carbocycles. The Kier molecular flexibility index (Phi) is 2.28. The third kappa shape index (κ3) is 1.89. The van der Waals surface area contributed by atoms with Crippen LogP contribution in [-0.4, -0.2) is 19.7 Å². The van der Waals surface area contributed by atoms with Crippen LogP contribution in [0.3, 0.4) is 0 Å². The highest BCUT2D eigenvalue weighted by atomic mass is 32.1. The molecule has 0 spiro atoms. The molecule has 0 aliphatic rings. The minimum Gasteiger partial charge on any atom is -0.332 e. The summed E-state index contributed by atoms with van der Waals surface area (Å²) < 4.78 is 2.02. The van der Waals surface area contributed by atoms with E-state index in [4.69, 9.17) is 12.2 Å². The predicted octanol–water partition coefficient (Wildman–Crippen LogP) is 1.14. The summed E-state index contributed by atoms with van der Waals surface area (Å²) in [6, 6.07) is 1.47. The van der Waals surface area contributed by atoms with E-state index in [1.165, 1.54) is 6.07 Å². The van der Waals surface area contributed by atoms with Gasteiger partial charge in [0.1, 0.15) is 0 Å². The number of hydrogen-bond acceptors (Lipinski definition) is 3. The first kappa shape index (κ1) is 9.85. The van der Waals surface area contributed by atoms with Crippen molar-refractivity contribution in [3.8, 4) is 11.3 Å². The minimum atomic E-state index is -0.211. The zero-order chi connectivity index (χ0) is 11.0. The quantitative estimate of drug-likeness (QED) is 0.711. The van der Waals surface area contributed by atoms with Crippen molar-refractivity contribution in [2.75, 3.05) is 0 Å². The summed E-state index contributed by atoms with van der Waals surface area (Å²) in [6.45, 7) is 1.88. The van der Waals surface area contributed by atoms with Gasteiger partial charge in [-0.25, -0.2) is 0 Å². The molecule has 0 saturated heterocycles. The van der Waals surface area contributed by atoms with Crippen molar-refractivity contribution < 1.29 is 0 Å². The highest BCUT2D eigenvalue weighted by Crippen LogP contribution is 2.17. The van der Waals surface area contributed by atoms with Gasteiger partial charge in [0, 0.05) is 24.9 Å². The van der Waals surface area contributed by atoms with Gasteiger partial charge in [-0.3, -0.25) is 14.5 Å². The summed E-state index contributed by atoms with van der Waals surface area (Å²) in [4.78, 5) is 16.6. The van der Waals surface area contributed by atoms with Crippen molar-refractivity contribution in [3.63, 3.8) is 0 Å². The SMILES string of the molecule is Cc1nn(C)cc1-c1cc(=O)[nH]c(=S)[nH]1. The number of H-pyrrole nitrogens is 2. The second-order valence-corrected chi connectivity index (χ2v) is 3.71. The first-order valence-corrected chi connectivity index (χ1v) is 4.81. The van der Waals surface area contributed by atoms with E-state index in [-0.39, 0.29) is 5.56 Å². The minimum absolute atomic E-state index is 0.211. The maximum atomic E-state index is 11.2. The molecule has 5 nitrogen and oxygen atoms in total. The maximum absolute atomic E-state index is 11.2. The molecule has 6 heteroatoms. The number of aromatic nitrogens is 4. The van der Waals surface area contributed by atoms with Crippen LogP contribution >= 0.6 is 12.2 Å². The van der Waals surface area contributed by atoms with Gasteiger partial charge in [0.15, 0.2) is 4.77 Å². The number of hydrogen-bond donors (Lipinski definition) is 2. The lowest BCUT2D eigenvalue weighted by Crippen LogP contribution is -2.06. The molecule has 0 saturated carbocycles. The van der Waals surface area contributed by atoms with Gasteiger partial charge in [-0.05, 0) is 19.1 Å². The molecule has 2 N–H and O–H groups in total. The summed E-state index contributed by atoms with van der Waals surface area (Å²) in [5.41, 5.74) is 2.22. The number of nitrogens with one attached hydrogen (secondary N) is 2. The number of rotatable bonds is 1. The third-order valence-electron chi connectivity index (χ3n) is 2.06. The van der Waals surface area contributed by atoms with Crippen LogP contribution in [0.2, 0.25) is 0 Å². The highest BCUT2D eigenvalue weighted by molar-refractivity contribution is 7.71. The van der Waals surface area contributed by atoms with Gasteiger partial charge in [0.25, 0.3) is 5.56 Å². The molecule has 2 rings (SSSR count). The largest absolute Gasteiger partial charge is 0.332 e. The van der Waals surface area contributed by atoms with Gasteiger partial charge in [0.05, 0.1) is 11.4 Å². The second kappa shape index (κ2) is 3.47. The molecule has 2 aromatic heterocycles. The Morgan fingerprint density at radius 2 is 2.20 bits per heavy atom. The Balaban J connectivity index is 2.68. The molecule has 0 amide bonds. The first-order valence-electron chi connectivity index (χ1n) is 4.40. The molecule has 0 fully saturated rings. The second-order valence-electron chi connectivity index (χ2n) is 3.30. The fraction of sp³-hybridized carbons (Fsp3) is 0.222. The molecule has 15 heavy (non-hydrogen) atoms. The van der Waals surface area contributed by atoms with E-state index in [1.54, 1.807) is 4.68 Å². The van der Waals surface area contributed by atoms with Crippen molar-refractivity contribution >= 4 is 12.2 Å². The molecular formula is C9H10N4OS. The van der Waals surface area contributed by atoms with E-state index in [0.29, 0.717) is 10.5 Å². The first-order chi connectivity index (χ1) is 7.06. The zero-order valence-electron chi connectivity index (χ0n) is 8.37. The topological polar surface area (TPSA) is 66.5 Å². The smallest absolute Gasteiger partial charge is 0.252 e. The molecule has 0 atom stereocenters. The Labute approximate surface area is 90.8 Å². The molecule has 0 aromatic carbocycles. The van der Waals surface area contributed by atoms with Gasteiger partial charge < -0.3 is 4.98 Å². The van der Waals surface area contributed by atoms with Gasteiger partial charge in [0.2, 0.25) is 0 Å². The van der Waals surface area contributed by atoms with Crippen LogP contribution in [0.25, 0.3) is 11.3 Å². The van der Waals surface area contributed by atoms with Crippen LogP contribution < -0.4 is 5.56 Å². The molecule has 2 aromatic rings. The highest BCUT2D eigenvalue weighted by Gasteiger charge is 2.06. The number of nitrogens with zero attached hydrogens (tertiary/aromatic N) is 2. The van der Waals surface area contributed by atoms with Crippen molar-refractivity contribution in [1.29, 1.82) is 0 Å². The van der Waals surface area contributed by atoms with Crippen LogP contribution in [0.15, 0.2) is 17.1 Å². The van der Waals surface area contributed by atoms with Crippen molar-refractivity contribution in [2.24, 2.45) is 7.05 Å². The zero-order valence-corrected chi connectivity index (χ0v) is 9.18. The molecular weight excluding hydrogens is 212 g/mol. The molecule has 78 valence electrons. The van der Waals surface area contributed by atoms with Crippen LogP contribution in [0, 0.1) is 11.7 Å². The Bertz CT molecular complexity index is 579. The lowest BCUT2D eigenvalue weighted by molar-refractivity contribution is 0.756. The van der Waals surface area contributed by atoms with E-state index in [1.807, 2.05) is 20.2 Å². The van der Waals surface area contributed by atoms with Gasteiger partial charge in [-0.15, -0.1) is 0 Å². The fourth-order valence-corrected chi connectivity index (χ4v) is 1.69. The summed E-state index contributed by atoms with van der Waals surface area (Å²) in [6.07, 6.45) is 1.84. The molecule has 0 radical (unpaired) electrons. The van der Waals surface area contributed by atoms with Crippen LogP contribution in [-0.2, 0) is 7.05 Å². The fourth-order valence-electron chi connectivity index (χ4n) is 1.48. The van der Waals surface area contributed by atoms with Gasteiger partial charge in [-0.1, -0.05) is 0 Å². The normalized spacial score (nSPS) is 10.5. The van der Waals surface area contributed by atoms with E-state index < -0.39 is 0 Å². The predicted molar refractivity (Wildman–Crippen MR) is 59.2 cm³/mol. The van der Waals surface area contributed by atoms with Crippen LogP contribution in [0.5, 0.6) is 0 Å². The Morgan fingerprint density at radius 1 is 1.47 bits per heavy atom. The molecule has 0 bridgehead atoms. The number of aryl methyl sites for hydroxylation is 2. The Morgan fingerprint density at radius 3 is 2.73 bits per heavy atom. The van der Waals surface area contributed by atoms with Crippen molar-refractivity contribution in [3.05, 3.63) is 33.1 Å². The van der Waals surface area contributed by atoms with E-state index in [2.05, 4.69) is 15.1 Å².